The molecule has 3 unspecified atom stereocenters. The number of ether oxygens (including phenoxy) is 1. The second-order valence-corrected chi connectivity index (χ2v) is 4.81. The van der Waals surface area contributed by atoms with E-state index in [1.54, 1.807) is 12.0 Å². The monoisotopic (exact) mass is 256 g/mol. The van der Waals surface area contributed by atoms with Gasteiger partial charge in [0, 0.05) is 13.7 Å². The Labute approximate surface area is 109 Å². The Balaban J connectivity index is 2.83. The third kappa shape index (κ3) is 3.22. The Morgan fingerprint density at radius 2 is 2.06 bits per heavy atom. The minimum Gasteiger partial charge on any atom is -0.380 e. The zero-order valence-electron chi connectivity index (χ0n) is 11.7. The lowest BCUT2D eigenvalue weighted by atomic mass is 10.0. The van der Waals surface area contributed by atoms with Gasteiger partial charge in [-0.3, -0.25) is 9.59 Å². The number of hydrogen-bond acceptors (Lipinski definition) is 3. The van der Waals surface area contributed by atoms with Crippen molar-refractivity contribution in [3.63, 3.8) is 0 Å². The maximum absolute atomic E-state index is 12.3. The van der Waals surface area contributed by atoms with Gasteiger partial charge in [-0.1, -0.05) is 20.3 Å². The van der Waals surface area contributed by atoms with Crippen molar-refractivity contribution in [2.75, 3.05) is 13.7 Å². The Bertz CT molecular complexity index is 307. The molecular formula is C13H24N2O3. The highest BCUT2D eigenvalue weighted by Crippen LogP contribution is 2.16. The first-order valence-electron chi connectivity index (χ1n) is 6.68. The van der Waals surface area contributed by atoms with Gasteiger partial charge >= 0.3 is 0 Å². The molecule has 0 aromatic rings. The number of methoxy groups -OCH3 is 1. The van der Waals surface area contributed by atoms with Gasteiger partial charge in [-0.05, 0) is 19.8 Å². The number of nitrogens with one attached hydrogen (secondary N) is 1. The molecular weight excluding hydrogens is 232 g/mol. The molecule has 0 radical (unpaired) electrons. The van der Waals surface area contributed by atoms with Crippen LogP contribution in [0.3, 0.4) is 0 Å². The lowest BCUT2D eigenvalue weighted by Crippen LogP contribution is -2.64. The molecule has 0 bridgehead atoms. The summed E-state index contributed by atoms with van der Waals surface area (Å²) < 4.78 is 5.20. The summed E-state index contributed by atoms with van der Waals surface area (Å²) in [5.74, 6) is -0.0222. The molecule has 5 heteroatoms. The first-order chi connectivity index (χ1) is 8.54. The molecule has 18 heavy (non-hydrogen) atoms. The molecule has 1 aliphatic rings. The van der Waals surface area contributed by atoms with Gasteiger partial charge in [0.15, 0.2) is 0 Å². The van der Waals surface area contributed by atoms with E-state index in [4.69, 9.17) is 4.74 Å². The molecule has 0 spiro atoms. The Hall–Kier alpha value is -1.10. The number of carbonyl (C=O) groups is 2. The van der Waals surface area contributed by atoms with Crippen LogP contribution in [0.15, 0.2) is 0 Å². The maximum atomic E-state index is 12.3. The fraction of sp³-hybridized carbons (Fsp3) is 0.846. The van der Waals surface area contributed by atoms with Crippen molar-refractivity contribution >= 4 is 11.8 Å². The predicted octanol–water partition coefficient (Wildman–Crippen LogP) is 0.927. The number of rotatable bonds is 6. The van der Waals surface area contributed by atoms with Crippen LogP contribution in [0.2, 0.25) is 0 Å². The Morgan fingerprint density at radius 3 is 2.56 bits per heavy atom. The number of nitrogens with zero attached hydrogens (tertiary/aromatic N) is 1. The van der Waals surface area contributed by atoms with Crippen molar-refractivity contribution in [1.82, 2.24) is 10.2 Å². The van der Waals surface area contributed by atoms with Gasteiger partial charge in [-0.25, -0.2) is 0 Å². The van der Waals surface area contributed by atoms with E-state index in [-0.39, 0.29) is 30.0 Å². The number of carbonyl (C=O) groups excluding carboxylic acids is 2. The zero-order chi connectivity index (χ0) is 13.7. The van der Waals surface area contributed by atoms with E-state index in [1.807, 2.05) is 20.8 Å². The molecule has 104 valence electrons. The number of piperazine rings is 1. The summed E-state index contributed by atoms with van der Waals surface area (Å²) in [5.41, 5.74) is 0. The molecule has 0 saturated carbocycles. The number of amides is 2. The summed E-state index contributed by atoms with van der Waals surface area (Å²) in [5, 5.41) is 2.82. The Kier molecular flexibility index (Phi) is 5.59. The average molecular weight is 256 g/mol. The molecule has 1 heterocycles. The van der Waals surface area contributed by atoms with Crippen molar-refractivity contribution in [2.24, 2.45) is 0 Å². The van der Waals surface area contributed by atoms with Crippen LogP contribution in [-0.4, -0.2) is 48.6 Å². The standard InChI is InChI=1S/C13H24N2O3/c1-5-7-10-13(17)15(8-9(3)18-4)11(6-2)12(16)14-10/h9-11H,5-8H2,1-4H3,(H,14,16). The van der Waals surface area contributed by atoms with Crippen molar-refractivity contribution in [2.45, 2.75) is 58.2 Å². The van der Waals surface area contributed by atoms with Crippen LogP contribution >= 0.6 is 0 Å². The van der Waals surface area contributed by atoms with E-state index in [1.165, 1.54) is 0 Å². The maximum Gasteiger partial charge on any atom is 0.245 e. The van der Waals surface area contributed by atoms with Gasteiger partial charge in [0.05, 0.1) is 6.10 Å². The van der Waals surface area contributed by atoms with E-state index in [2.05, 4.69) is 5.32 Å². The fourth-order valence-corrected chi connectivity index (χ4v) is 2.28. The van der Waals surface area contributed by atoms with Crippen LogP contribution in [-0.2, 0) is 14.3 Å². The van der Waals surface area contributed by atoms with Crippen LogP contribution < -0.4 is 5.32 Å². The van der Waals surface area contributed by atoms with Crippen molar-refractivity contribution in [3.8, 4) is 0 Å². The van der Waals surface area contributed by atoms with Crippen LogP contribution in [0.4, 0.5) is 0 Å². The molecule has 1 rings (SSSR count). The predicted molar refractivity (Wildman–Crippen MR) is 69.1 cm³/mol. The van der Waals surface area contributed by atoms with Gasteiger partial charge in [0.25, 0.3) is 0 Å². The largest absolute Gasteiger partial charge is 0.380 e. The summed E-state index contributed by atoms with van der Waals surface area (Å²) in [4.78, 5) is 26.0. The van der Waals surface area contributed by atoms with E-state index in [9.17, 15) is 9.59 Å². The van der Waals surface area contributed by atoms with Crippen LogP contribution in [0.25, 0.3) is 0 Å². The summed E-state index contributed by atoms with van der Waals surface area (Å²) in [7, 11) is 1.61. The van der Waals surface area contributed by atoms with Crippen LogP contribution in [0, 0.1) is 0 Å². The first kappa shape index (κ1) is 15.0. The summed E-state index contributed by atoms with van der Waals surface area (Å²) >= 11 is 0. The van der Waals surface area contributed by atoms with Gasteiger partial charge < -0.3 is 15.0 Å². The van der Waals surface area contributed by atoms with E-state index in [0.29, 0.717) is 19.4 Å². The van der Waals surface area contributed by atoms with Gasteiger partial charge in [-0.2, -0.15) is 0 Å². The van der Waals surface area contributed by atoms with Crippen molar-refractivity contribution < 1.29 is 14.3 Å². The third-order valence-electron chi connectivity index (χ3n) is 3.40. The van der Waals surface area contributed by atoms with Gasteiger partial charge in [0.1, 0.15) is 12.1 Å². The minimum atomic E-state index is -0.366. The molecule has 3 atom stereocenters. The molecule has 1 fully saturated rings. The second kappa shape index (κ2) is 6.73. The van der Waals surface area contributed by atoms with E-state index >= 15 is 0 Å². The van der Waals surface area contributed by atoms with Gasteiger partial charge in [0.2, 0.25) is 11.8 Å². The highest BCUT2D eigenvalue weighted by molar-refractivity contribution is 5.96. The molecule has 0 aromatic carbocycles. The highest BCUT2D eigenvalue weighted by Gasteiger charge is 2.39. The molecule has 1 aliphatic heterocycles. The van der Waals surface area contributed by atoms with Crippen LogP contribution in [0.5, 0.6) is 0 Å². The first-order valence-corrected chi connectivity index (χ1v) is 6.68. The molecule has 1 N–H and O–H groups in total. The highest BCUT2D eigenvalue weighted by atomic mass is 16.5. The Morgan fingerprint density at radius 1 is 1.39 bits per heavy atom. The molecule has 0 aromatic heterocycles. The summed E-state index contributed by atoms with van der Waals surface area (Å²) in [6.07, 6.45) is 2.14. The quantitative estimate of drug-likeness (QED) is 0.769. The smallest absolute Gasteiger partial charge is 0.245 e. The third-order valence-corrected chi connectivity index (χ3v) is 3.40. The molecule has 1 saturated heterocycles. The summed E-state index contributed by atoms with van der Waals surface area (Å²) in [6.45, 7) is 6.30. The SMILES string of the molecule is CCCC1NC(=O)C(CC)N(CC(C)OC)C1=O. The second-order valence-electron chi connectivity index (χ2n) is 4.81. The average Bonchev–Trinajstić information content (AvgIpc) is 2.35. The minimum absolute atomic E-state index is 0.0206. The lowest BCUT2D eigenvalue weighted by Gasteiger charge is -2.39. The van der Waals surface area contributed by atoms with Crippen LogP contribution in [0.1, 0.15) is 40.0 Å². The van der Waals surface area contributed by atoms with Crippen molar-refractivity contribution in [3.05, 3.63) is 0 Å². The topological polar surface area (TPSA) is 58.6 Å². The summed E-state index contributed by atoms with van der Waals surface area (Å²) in [6, 6.07) is -0.724. The van der Waals surface area contributed by atoms with Gasteiger partial charge in [-0.15, -0.1) is 0 Å². The normalized spacial score (nSPS) is 26.1. The van der Waals surface area contributed by atoms with E-state index < -0.39 is 0 Å². The van der Waals surface area contributed by atoms with Crippen molar-refractivity contribution in [1.29, 1.82) is 0 Å². The lowest BCUT2D eigenvalue weighted by molar-refractivity contribution is -0.151. The van der Waals surface area contributed by atoms with E-state index in [0.717, 1.165) is 6.42 Å². The number of hydrogen-bond donors (Lipinski definition) is 1. The molecule has 2 amide bonds. The zero-order valence-corrected chi connectivity index (χ0v) is 11.7. The molecule has 0 aliphatic carbocycles. The molecule has 5 nitrogen and oxygen atoms in total. The fourth-order valence-electron chi connectivity index (χ4n) is 2.28.